The van der Waals surface area contributed by atoms with Crippen LogP contribution in [-0.4, -0.2) is 36.4 Å². The summed E-state index contributed by atoms with van der Waals surface area (Å²) < 4.78 is 38.5. The van der Waals surface area contributed by atoms with Gasteiger partial charge < -0.3 is 14.4 Å². The average molecular weight is 460 g/mol. The zero-order chi connectivity index (χ0) is 21.8. The molecule has 0 N–H and O–H groups in total. The molecule has 1 aliphatic rings. The van der Waals surface area contributed by atoms with Crippen LogP contribution in [0.5, 0.6) is 11.5 Å². The van der Waals surface area contributed by atoms with Gasteiger partial charge in [-0.25, -0.2) is 8.60 Å². The van der Waals surface area contributed by atoms with Gasteiger partial charge in [-0.05, 0) is 92.5 Å². The number of fused-ring (bicyclic) bond motifs is 1. The maximum absolute atomic E-state index is 13.4. The van der Waals surface area contributed by atoms with E-state index in [1.54, 1.807) is 19.2 Å². The number of ether oxygens (including phenoxy) is 2. The lowest BCUT2D eigenvalue weighted by molar-refractivity contribution is 0.309. The third kappa shape index (κ3) is 5.34. The van der Waals surface area contributed by atoms with E-state index in [-0.39, 0.29) is 5.82 Å². The van der Waals surface area contributed by atoms with Gasteiger partial charge in [0.1, 0.15) is 23.9 Å². The first-order chi connectivity index (χ1) is 15.0. The third-order valence-electron chi connectivity index (χ3n) is 5.45. The molecular formula is C24H26FNO3S2. The Morgan fingerprint density at radius 1 is 1.06 bits per heavy atom. The minimum atomic E-state index is -1.33. The van der Waals surface area contributed by atoms with E-state index in [1.807, 2.05) is 12.1 Å². The first-order valence-corrected chi connectivity index (χ1v) is 12.3. The van der Waals surface area contributed by atoms with Crippen LogP contribution < -0.4 is 9.47 Å². The molecule has 4 rings (SSSR count). The summed E-state index contributed by atoms with van der Waals surface area (Å²) >= 11 is 1.46. The fourth-order valence-electron chi connectivity index (χ4n) is 3.71. The molecule has 3 aromatic rings. The van der Waals surface area contributed by atoms with Gasteiger partial charge in [0.05, 0.1) is 27.0 Å². The van der Waals surface area contributed by atoms with Crippen LogP contribution >= 0.6 is 11.3 Å². The molecule has 2 aromatic carbocycles. The Labute approximate surface area is 189 Å². The van der Waals surface area contributed by atoms with Crippen molar-refractivity contribution >= 4 is 22.1 Å². The first-order valence-electron chi connectivity index (χ1n) is 10.3. The summed E-state index contributed by atoms with van der Waals surface area (Å²) in [4.78, 5) is 4.02. The number of thiophene rings is 1. The van der Waals surface area contributed by atoms with Crippen LogP contribution in [0.3, 0.4) is 0 Å². The number of hydrogen-bond acceptors (Lipinski definition) is 5. The second-order valence-corrected chi connectivity index (χ2v) is 10.5. The SMILES string of the molecule is COc1cc2c(cc1S(=O)c1ccc(COc3ccc(F)cc3)s1)CCN(C)CCC2. The Kier molecular flexibility index (Phi) is 7.05. The zero-order valence-corrected chi connectivity index (χ0v) is 19.4. The van der Waals surface area contributed by atoms with Gasteiger partial charge in [-0.3, -0.25) is 0 Å². The maximum Gasteiger partial charge on any atom is 0.135 e. The molecule has 1 atom stereocenters. The number of rotatable bonds is 6. The van der Waals surface area contributed by atoms with E-state index in [4.69, 9.17) is 9.47 Å². The lowest BCUT2D eigenvalue weighted by Gasteiger charge is -2.23. The van der Waals surface area contributed by atoms with Crippen molar-refractivity contribution in [2.75, 3.05) is 27.2 Å². The third-order valence-corrected chi connectivity index (χ3v) is 8.23. The van der Waals surface area contributed by atoms with Crippen molar-refractivity contribution in [3.8, 4) is 11.5 Å². The summed E-state index contributed by atoms with van der Waals surface area (Å²) in [5, 5.41) is 0. The summed E-state index contributed by atoms with van der Waals surface area (Å²) in [6.07, 6.45) is 3.06. The van der Waals surface area contributed by atoms with Crippen LogP contribution in [-0.2, 0) is 30.2 Å². The van der Waals surface area contributed by atoms with Gasteiger partial charge in [-0.15, -0.1) is 11.3 Å². The van der Waals surface area contributed by atoms with Crippen LogP contribution in [0.4, 0.5) is 4.39 Å². The maximum atomic E-state index is 13.4. The van der Waals surface area contributed by atoms with E-state index in [1.165, 1.54) is 34.6 Å². The van der Waals surface area contributed by atoms with Gasteiger partial charge in [-0.2, -0.15) is 0 Å². The summed E-state index contributed by atoms with van der Waals surface area (Å²) in [5.41, 5.74) is 2.55. The largest absolute Gasteiger partial charge is 0.495 e. The first kappa shape index (κ1) is 22.0. The van der Waals surface area contributed by atoms with Crippen molar-refractivity contribution in [3.63, 3.8) is 0 Å². The zero-order valence-electron chi connectivity index (χ0n) is 17.7. The molecule has 0 aliphatic carbocycles. The topological polar surface area (TPSA) is 38.8 Å². The molecule has 31 heavy (non-hydrogen) atoms. The molecule has 7 heteroatoms. The molecule has 1 aliphatic heterocycles. The van der Waals surface area contributed by atoms with Crippen LogP contribution in [0.25, 0.3) is 0 Å². The van der Waals surface area contributed by atoms with Gasteiger partial charge in [0.25, 0.3) is 0 Å². The highest BCUT2D eigenvalue weighted by atomic mass is 32.2. The highest BCUT2D eigenvalue weighted by Gasteiger charge is 2.20. The Balaban J connectivity index is 1.53. The highest BCUT2D eigenvalue weighted by Crippen LogP contribution is 2.34. The quantitative estimate of drug-likeness (QED) is 0.516. The lowest BCUT2D eigenvalue weighted by Crippen LogP contribution is -2.25. The second-order valence-electron chi connectivity index (χ2n) is 7.66. The molecule has 0 fully saturated rings. The Hall–Kier alpha value is -2.22. The number of halogens is 1. The van der Waals surface area contributed by atoms with Crippen molar-refractivity contribution in [2.24, 2.45) is 0 Å². The predicted octanol–water partition coefficient (Wildman–Crippen LogP) is 5.06. The van der Waals surface area contributed by atoms with Crippen LogP contribution in [0.2, 0.25) is 0 Å². The van der Waals surface area contributed by atoms with E-state index in [2.05, 4.69) is 24.1 Å². The molecule has 1 aromatic heterocycles. The molecule has 0 amide bonds. The minimum absolute atomic E-state index is 0.293. The van der Waals surface area contributed by atoms with Crippen molar-refractivity contribution in [2.45, 2.75) is 35.0 Å². The number of hydrogen-bond donors (Lipinski definition) is 0. The van der Waals surface area contributed by atoms with Crippen molar-refractivity contribution < 1.29 is 18.1 Å². The summed E-state index contributed by atoms with van der Waals surface area (Å²) in [5.74, 6) is 0.993. The van der Waals surface area contributed by atoms with Crippen LogP contribution in [0, 0.1) is 5.82 Å². The second kappa shape index (κ2) is 9.94. The van der Waals surface area contributed by atoms with E-state index in [0.29, 0.717) is 18.1 Å². The number of nitrogens with zero attached hydrogens (tertiary/aromatic N) is 1. The van der Waals surface area contributed by atoms with Crippen molar-refractivity contribution in [3.05, 3.63) is 70.4 Å². The number of methoxy groups -OCH3 is 1. The van der Waals surface area contributed by atoms with Gasteiger partial charge in [0.2, 0.25) is 0 Å². The van der Waals surface area contributed by atoms with Crippen molar-refractivity contribution in [1.29, 1.82) is 0 Å². The summed E-state index contributed by atoms with van der Waals surface area (Å²) in [7, 11) is 2.45. The molecule has 2 heterocycles. The minimum Gasteiger partial charge on any atom is -0.495 e. The molecule has 4 nitrogen and oxygen atoms in total. The van der Waals surface area contributed by atoms with Crippen LogP contribution in [0.1, 0.15) is 22.4 Å². The Bertz CT molecular complexity index is 1070. The Morgan fingerprint density at radius 3 is 2.61 bits per heavy atom. The Morgan fingerprint density at radius 2 is 1.84 bits per heavy atom. The molecule has 0 radical (unpaired) electrons. The number of aryl methyl sites for hydroxylation is 1. The molecule has 0 saturated carbocycles. The molecule has 0 bridgehead atoms. The van der Waals surface area contributed by atoms with Gasteiger partial charge in [-0.1, -0.05) is 0 Å². The van der Waals surface area contributed by atoms with Gasteiger partial charge in [0.15, 0.2) is 0 Å². The standard InChI is InChI=1S/C24H26FNO3S2/c1-26-12-3-4-17-14-22(28-2)23(15-18(17)11-13-26)31(27)24-10-9-21(30-24)16-29-20-7-5-19(25)6-8-20/h5-10,14-15H,3-4,11-13,16H2,1-2H3. The molecular weight excluding hydrogens is 433 g/mol. The van der Waals surface area contributed by atoms with Gasteiger partial charge in [0, 0.05) is 11.4 Å². The van der Waals surface area contributed by atoms with Gasteiger partial charge >= 0.3 is 0 Å². The van der Waals surface area contributed by atoms with Crippen molar-refractivity contribution in [1.82, 2.24) is 4.90 Å². The molecule has 164 valence electrons. The number of likely N-dealkylation sites (N-methyl/N-ethyl adjacent to an activating group) is 1. The number of benzene rings is 2. The molecule has 0 saturated heterocycles. The molecule has 1 unspecified atom stereocenters. The lowest BCUT2D eigenvalue weighted by atomic mass is 9.98. The summed E-state index contributed by atoms with van der Waals surface area (Å²) in [6.45, 7) is 2.43. The summed E-state index contributed by atoms with van der Waals surface area (Å²) in [6, 6.07) is 13.9. The monoisotopic (exact) mass is 459 g/mol. The molecule has 0 spiro atoms. The van der Waals surface area contributed by atoms with E-state index >= 15 is 0 Å². The van der Waals surface area contributed by atoms with E-state index in [0.717, 1.165) is 46.3 Å². The normalized spacial score (nSPS) is 15.6. The van der Waals surface area contributed by atoms with E-state index < -0.39 is 10.8 Å². The average Bonchev–Trinajstić information content (AvgIpc) is 3.24. The van der Waals surface area contributed by atoms with E-state index in [9.17, 15) is 8.60 Å². The smallest absolute Gasteiger partial charge is 0.135 e. The highest BCUT2D eigenvalue weighted by molar-refractivity contribution is 7.87. The fourth-order valence-corrected chi connectivity index (χ4v) is 6.23. The fraction of sp³-hybridized carbons (Fsp3) is 0.333. The predicted molar refractivity (Wildman–Crippen MR) is 122 cm³/mol. The van der Waals surface area contributed by atoms with Crippen LogP contribution in [0.15, 0.2) is 57.6 Å².